The number of sulfone groups is 1. The largest absolute Gasteiger partial charge is 0.378 e. The molecule has 0 radical (unpaired) electrons. The zero-order valence-electron chi connectivity index (χ0n) is 16.1. The van der Waals surface area contributed by atoms with Crippen molar-refractivity contribution in [1.29, 1.82) is 0 Å². The van der Waals surface area contributed by atoms with Crippen molar-refractivity contribution in [2.45, 2.75) is 16.7 Å². The van der Waals surface area contributed by atoms with E-state index in [1.807, 2.05) is 0 Å². The number of fused-ring (bicyclic) bond motifs is 1. The number of aryl methyl sites for hydroxylation is 1. The number of hydrogen-bond donors (Lipinski definition) is 0. The van der Waals surface area contributed by atoms with Gasteiger partial charge in [-0.05, 0) is 42.8 Å². The highest BCUT2D eigenvalue weighted by atomic mass is 35.5. The van der Waals surface area contributed by atoms with Gasteiger partial charge in [-0.2, -0.15) is 0 Å². The molecule has 0 atom stereocenters. The number of morpholine rings is 1. The monoisotopic (exact) mass is 448 g/mol. The van der Waals surface area contributed by atoms with E-state index in [4.69, 9.17) is 16.3 Å². The van der Waals surface area contributed by atoms with Crippen molar-refractivity contribution in [2.75, 3.05) is 26.3 Å². The lowest BCUT2D eigenvalue weighted by atomic mass is 10.1. The maximum Gasteiger partial charge on any atom is 0.256 e. The number of nitrogens with zero attached hydrogens (tertiary/aromatic N) is 2. The highest BCUT2D eigenvalue weighted by Gasteiger charge is 2.31. The Labute approximate surface area is 178 Å². The van der Waals surface area contributed by atoms with E-state index in [-0.39, 0.29) is 20.7 Å². The van der Waals surface area contributed by atoms with Crippen LogP contribution >= 0.6 is 11.6 Å². The summed E-state index contributed by atoms with van der Waals surface area (Å²) < 4.78 is 46.6. The molecule has 1 aliphatic heterocycles. The van der Waals surface area contributed by atoms with Crippen molar-refractivity contribution in [1.82, 2.24) is 9.88 Å². The minimum atomic E-state index is -4.25. The summed E-state index contributed by atoms with van der Waals surface area (Å²) in [5, 5.41) is 0.509. The zero-order chi connectivity index (χ0) is 21.5. The predicted octanol–water partition coefficient (Wildman–Crippen LogP) is 3.64. The third-order valence-corrected chi connectivity index (χ3v) is 7.12. The molecule has 1 aliphatic rings. The first-order valence-electron chi connectivity index (χ1n) is 9.25. The molecule has 0 spiro atoms. The molecule has 1 aromatic heterocycles. The van der Waals surface area contributed by atoms with Crippen LogP contribution in [0.3, 0.4) is 0 Å². The van der Waals surface area contributed by atoms with Crippen LogP contribution in [0.5, 0.6) is 0 Å². The first kappa shape index (κ1) is 20.7. The SMILES string of the molecule is Cc1ccc(S(=O)(=O)c2c(C(=O)N3CCOCC3)cnc3ccc(Cl)cc23)cc1F. The minimum absolute atomic E-state index is 0.0763. The van der Waals surface area contributed by atoms with Crippen LogP contribution < -0.4 is 0 Å². The summed E-state index contributed by atoms with van der Waals surface area (Å²) in [6.45, 7) is 2.95. The number of aromatic nitrogens is 1. The Morgan fingerprint density at radius 3 is 2.60 bits per heavy atom. The van der Waals surface area contributed by atoms with E-state index in [1.54, 1.807) is 19.1 Å². The first-order chi connectivity index (χ1) is 14.3. The van der Waals surface area contributed by atoms with Gasteiger partial charge in [-0.3, -0.25) is 9.78 Å². The van der Waals surface area contributed by atoms with Gasteiger partial charge in [0.15, 0.2) is 0 Å². The molecule has 0 bridgehead atoms. The summed E-state index contributed by atoms with van der Waals surface area (Å²) in [5.74, 6) is -1.12. The van der Waals surface area contributed by atoms with Crippen LogP contribution in [0.4, 0.5) is 4.39 Å². The molecular weight excluding hydrogens is 431 g/mol. The van der Waals surface area contributed by atoms with Crippen molar-refractivity contribution < 1.29 is 22.3 Å². The Bertz CT molecular complexity index is 1260. The van der Waals surface area contributed by atoms with Gasteiger partial charge in [0.1, 0.15) is 5.82 Å². The molecule has 1 saturated heterocycles. The standard InChI is InChI=1S/C21H18ClFN2O4S/c1-13-2-4-15(11-18(13)23)30(27,28)20-16-10-14(22)3-5-19(16)24-12-17(20)21(26)25-6-8-29-9-7-25/h2-5,10-12H,6-9H2,1H3. The molecule has 9 heteroatoms. The van der Waals surface area contributed by atoms with Gasteiger partial charge in [0.2, 0.25) is 9.84 Å². The van der Waals surface area contributed by atoms with E-state index in [9.17, 15) is 17.6 Å². The van der Waals surface area contributed by atoms with Crippen LogP contribution in [0.25, 0.3) is 10.9 Å². The summed E-state index contributed by atoms with van der Waals surface area (Å²) >= 11 is 6.12. The smallest absolute Gasteiger partial charge is 0.256 e. The first-order valence-corrected chi connectivity index (χ1v) is 11.1. The number of hydrogen-bond acceptors (Lipinski definition) is 5. The number of carbonyl (C=O) groups is 1. The second kappa shape index (κ2) is 7.94. The fraction of sp³-hybridized carbons (Fsp3) is 0.238. The molecule has 0 N–H and O–H groups in total. The van der Waals surface area contributed by atoms with Crippen LogP contribution in [0.1, 0.15) is 15.9 Å². The van der Waals surface area contributed by atoms with Crippen LogP contribution in [0.15, 0.2) is 52.4 Å². The lowest BCUT2D eigenvalue weighted by Gasteiger charge is -2.27. The summed E-state index contributed by atoms with van der Waals surface area (Å²) in [7, 11) is -4.25. The van der Waals surface area contributed by atoms with Crippen molar-refractivity contribution in [3.63, 3.8) is 0 Å². The number of rotatable bonds is 3. The molecule has 0 aliphatic carbocycles. The second-order valence-electron chi connectivity index (χ2n) is 6.98. The van der Waals surface area contributed by atoms with E-state index in [0.29, 0.717) is 42.4 Å². The Morgan fingerprint density at radius 1 is 1.17 bits per heavy atom. The van der Waals surface area contributed by atoms with Crippen molar-refractivity contribution in [2.24, 2.45) is 0 Å². The van der Waals surface area contributed by atoms with Gasteiger partial charge < -0.3 is 9.64 Å². The third kappa shape index (κ3) is 3.66. The summed E-state index contributed by atoms with van der Waals surface area (Å²) in [6, 6.07) is 8.30. The lowest BCUT2D eigenvalue weighted by Crippen LogP contribution is -2.41. The summed E-state index contributed by atoms with van der Waals surface area (Å²) in [6.07, 6.45) is 1.26. The predicted molar refractivity (Wildman–Crippen MR) is 110 cm³/mol. The molecule has 6 nitrogen and oxygen atoms in total. The number of halogens is 2. The number of benzene rings is 2. The molecule has 1 amide bonds. The zero-order valence-corrected chi connectivity index (χ0v) is 17.6. The topological polar surface area (TPSA) is 76.6 Å². The van der Waals surface area contributed by atoms with Gasteiger partial charge in [-0.15, -0.1) is 0 Å². The normalized spacial score (nSPS) is 14.8. The van der Waals surface area contributed by atoms with Gasteiger partial charge >= 0.3 is 0 Å². The van der Waals surface area contributed by atoms with E-state index in [2.05, 4.69) is 4.98 Å². The second-order valence-corrected chi connectivity index (χ2v) is 9.30. The van der Waals surface area contributed by atoms with Gasteiger partial charge in [0.05, 0.1) is 34.1 Å². The average Bonchev–Trinajstić information content (AvgIpc) is 2.74. The highest BCUT2D eigenvalue weighted by Crippen LogP contribution is 2.33. The van der Waals surface area contributed by atoms with E-state index in [0.717, 1.165) is 6.07 Å². The van der Waals surface area contributed by atoms with Crippen LogP contribution in [0, 0.1) is 12.7 Å². The number of amides is 1. The fourth-order valence-electron chi connectivity index (χ4n) is 3.38. The van der Waals surface area contributed by atoms with Crippen LogP contribution in [-0.4, -0.2) is 50.5 Å². The van der Waals surface area contributed by atoms with Crippen molar-refractivity contribution in [3.05, 3.63) is 64.6 Å². The minimum Gasteiger partial charge on any atom is -0.378 e. The quantitative estimate of drug-likeness (QED) is 0.611. The van der Waals surface area contributed by atoms with Gasteiger partial charge in [0, 0.05) is 29.7 Å². The molecule has 2 aromatic carbocycles. The number of carbonyl (C=O) groups excluding carboxylic acids is 1. The Kier molecular flexibility index (Phi) is 5.48. The van der Waals surface area contributed by atoms with Gasteiger partial charge in [0.25, 0.3) is 5.91 Å². The number of pyridine rings is 1. The van der Waals surface area contributed by atoms with Gasteiger partial charge in [-0.1, -0.05) is 17.7 Å². The summed E-state index contributed by atoms with van der Waals surface area (Å²) in [5.41, 5.74) is 0.609. The van der Waals surface area contributed by atoms with Crippen LogP contribution in [-0.2, 0) is 14.6 Å². The maximum atomic E-state index is 14.2. The number of ether oxygens (including phenoxy) is 1. The fourth-order valence-corrected chi connectivity index (χ4v) is 5.17. The molecule has 1 fully saturated rings. The summed E-state index contributed by atoms with van der Waals surface area (Å²) in [4.78, 5) is 18.5. The molecule has 0 saturated carbocycles. The van der Waals surface area contributed by atoms with Crippen molar-refractivity contribution >= 4 is 38.2 Å². The third-order valence-electron chi connectivity index (χ3n) is 5.03. The van der Waals surface area contributed by atoms with E-state index in [1.165, 1.54) is 29.3 Å². The average molecular weight is 449 g/mol. The maximum absolute atomic E-state index is 14.2. The molecule has 30 heavy (non-hydrogen) atoms. The van der Waals surface area contributed by atoms with Crippen molar-refractivity contribution in [3.8, 4) is 0 Å². The molecular formula is C21H18ClFN2O4S. The Morgan fingerprint density at radius 2 is 1.90 bits per heavy atom. The Balaban J connectivity index is 1.98. The molecule has 3 aromatic rings. The lowest BCUT2D eigenvalue weighted by molar-refractivity contribution is 0.0300. The van der Waals surface area contributed by atoms with E-state index < -0.39 is 21.6 Å². The molecule has 2 heterocycles. The Hall–Kier alpha value is -2.55. The van der Waals surface area contributed by atoms with Crippen LogP contribution in [0.2, 0.25) is 5.02 Å². The molecule has 156 valence electrons. The van der Waals surface area contributed by atoms with E-state index >= 15 is 0 Å². The molecule has 0 unspecified atom stereocenters. The molecule has 4 rings (SSSR count). The highest BCUT2D eigenvalue weighted by molar-refractivity contribution is 7.91. The van der Waals surface area contributed by atoms with Gasteiger partial charge in [-0.25, -0.2) is 12.8 Å².